The minimum absolute atomic E-state index is 0.0672. The minimum atomic E-state index is 0.0672. The van der Waals surface area contributed by atoms with Crippen molar-refractivity contribution in [2.75, 3.05) is 6.61 Å². The molecule has 3 nitrogen and oxygen atoms in total. The van der Waals surface area contributed by atoms with E-state index < -0.39 is 0 Å². The van der Waals surface area contributed by atoms with Crippen LogP contribution in [0.3, 0.4) is 0 Å². The van der Waals surface area contributed by atoms with E-state index in [0.29, 0.717) is 17.0 Å². The second kappa shape index (κ2) is 3.54. The number of hydrogen-bond acceptors (Lipinski definition) is 3. The summed E-state index contributed by atoms with van der Waals surface area (Å²) in [6.45, 7) is 0.0672. The lowest BCUT2D eigenvalue weighted by atomic mass is 10.0. The summed E-state index contributed by atoms with van der Waals surface area (Å²) in [5, 5.41) is 11.4. The molecule has 0 aliphatic rings. The quantitative estimate of drug-likeness (QED) is 0.742. The molecule has 0 atom stereocenters. The zero-order valence-electron chi connectivity index (χ0n) is 8.37. The maximum absolute atomic E-state index is 9.08. The average molecular weight is 237 g/mol. The number of rotatable bonds is 2. The first kappa shape index (κ1) is 9.75. The number of aliphatic hydroxyl groups excluding tert-OH is 1. The van der Waals surface area contributed by atoms with Gasteiger partial charge in [-0.3, -0.25) is 0 Å². The molecule has 82 valence electrons. The highest BCUT2D eigenvalue weighted by Gasteiger charge is 2.16. The standard InChI is InChI=1S/C12H9ClO3/c13-10-9-3-6-15-11(9)7(1-4-14)8-2-5-16-12(8)10/h2-3,5-6,14H,1,4H2. The molecule has 1 aromatic carbocycles. The van der Waals surface area contributed by atoms with Crippen LogP contribution in [0.5, 0.6) is 0 Å². The first-order valence-corrected chi connectivity index (χ1v) is 5.36. The van der Waals surface area contributed by atoms with Gasteiger partial charge in [-0.2, -0.15) is 0 Å². The van der Waals surface area contributed by atoms with Gasteiger partial charge in [0.05, 0.1) is 17.5 Å². The van der Waals surface area contributed by atoms with Crippen molar-refractivity contribution in [1.29, 1.82) is 0 Å². The average Bonchev–Trinajstić information content (AvgIpc) is 2.92. The van der Waals surface area contributed by atoms with Crippen molar-refractivity contribution in [1.82, 2.24) is 0 Å². The van der Waals surface area contributed by atoms with Crippen LogP contribution in [0.25, 0.3) is 21.9 Å². The van der Waals surface area contributed by atoms with Crippen LogP contribution in [0.2, 0.25) is 5.02 Å². The highest BCUT2D eigenvalue weighted by atomic mass is 35.5. The van der Waals surface area contributed by atoms with Crippen molar-refractivity contribution >= 4 is 33.5 Å². The van der Waals surface area contributed by atoms with E-state index in [-0.39, 0.29) is 6.61 Å². The Kier molecular flexibility index (Phi) is 2.16. The van der Waals surface area contributed by atoms with Gasteiger partial charge in [-0.1, -0.05) is 11.6 Å². The van der Waals surface area contributed by atoms with Crippen molar-refractivity contribution in [3.05, 3.63) is 35.2 Å². The Morgan fingerprint density at radius 3 is 2.50 bits per heavy atom. The number of aliphatic hydroxyl groups is 1. The van der Waals surface area contributed by atoms with Crippen molar-refractivity contribution in [2.24, 2.45) is 0 Å². The molecular weight excluding hydrogens is 228 g/mol. The van der Waals surface area contributed by atoms with Crippen LogP contribution in [-0.2, 0) is 6.42 Å². The highest BCUT2D eigenvalue weighted by Crippen LogP contribution is 2.37. The maximum atomic E-state index is 9.08. The van der Waals surface area contributed by atoms with Gasteiger partial charge >= 0.3 is 0 Å². The molecule has 0 saturated heterocycles. The summed E-state index contributed by atoms with van der Waals surface area (Å²) >= 11 is 6.21. The Morgan fingerprint density at radius 2 is 1.75 bits per heavy atom. The summed E-state index contributed by atoms with van der Waals surface area (Å²) in [5.74, 6) is 0. The largest absolute Gasteiger partial charge is 0.464 e. The predicted octanol–water partition coefficient (Wildman–Crippen LogP) is 3.37. The molecule has 3 aromatic rings. The molecule has 1 N–H and O–H groups in total. The summed E-state index contributed by atoms with van der Waals surface area (Å²) in [7, 11) is 0. The summed E-state index contributed by atoms with van der Waals surface area (Å²) < 4.78 is 10.8. The second-order valence-electron chi connectivity index (χ2n) is 3.59. The van der Waals surface area contributed by atoms with Crippen LogP contribution in [0, 0.1) is 0 Å². The zero-order chi connectivity index (χ0) is 11.1. The molecule has 2 heterocycles. The van der Waals surface area contributed by atoms with Gasteiger partial charge in [0, 0.05) is 22.9 Å². The first-order valence-electron chi connectivity index (χ1n) is 4.98. The van der Waals surface area contributed by atoms with Crippen LogP contribution in [0.4, 0.5) is 0 Å². The summed E-state index contributed by atoms with van der Waals surface area (Å²) in [5.41, 5.74) is 2.32. The monoisotopic (exact) mass is 236 g/mol. The molecule has 0 spiro atoms. The molecule has 16 heavy (non-hydrogen) atoms. The zero-order valence-corrected chi connectivity index (χ0v) is 9.12. The molecule has 4 heteroatoms. The van der Waals surface area contributed by atoms with E-state index >= 15 is 0 Å². The predicted molar refractivity (Wildman–Crippen MR) is 61.8 cm³/mol. The Hall–Kier alpha value is -1.45. The molecule has 0 amide bonds. The SMILES string of the molecule is OCCc1c2ccoc2c(Cl)c2ccoc12. The van der Waals surface area contributed by atoms with Crippen molar-refractivity contribution in [3.63, 3.8) is 0 Å². The first-order chi connectivity index (χ1) is 7.83. The third kappa shape index (κ3) is 1.19. The number of halogens is 1. The lowest BCUT2D eigenvalue weighted by Gasteiger charge is -2.03. The van der Waals surface area contributed by atoms with Gasteiger partial charge in [-0.05, 0) is 18.6 Å². The Morgan fingerprint density at radius 1 is 1.06 bits per heavy atom. The number of fused-ring (bicyclic) bond motifs is 2. The third-order valence-corrected chi connectivity index (χ3v) is 3.10. The molecule has 0 fully saturated rings. The Bertz CT molecular complexity index is 599. The molecule has 0 aliphatic heterocycles. The minimum Gasteiger partial charge on any atom is -0.464 e. The fourth-order valence-corrected chi connectivity index (χ4v) is 2.33. The van der Waals surface area contributed by atoms with E-state index in [9.17, 15) is 0 Å². The summed E-state index contributed by atoms with van der Waals surface area (Å²) in [6.07, 6.45) is 3.71. The fraction of sp³-hybridized carbons (Fsp3) is 0.167. The third-order valence-electron chi connectivity index (χ3n) is 2.73. The van der Waals surface area contributed by atoms with E-state index in [0.717, 1.165) is 21.9 Å². The van der Waals surface area contributed by atoms with E-state index in [1.165, 1.54) is 0 Å². The number of hydrogen-bond donors (Lipinski definition) is 1. The molecule has 0 aliphatic carbocycles. The fourth-order valence-electron chi connectivity index (χ4n) is 2.04. The highest BCUT2D eigenvalue weighted by molar-refractivity contribution is 6.40. The van der Waals surface area contributed by atoms with Crippen LogP contribution in [-0.4, -0.2) is 11.7 Å². The van der Waals surface area contributed by atoms with Gasteiger partial charge in [0.25, 0.3) is 0 Å². The molecule has 3 rings (SSSR count). The molecule has 0 bridgehead atoms. The molecule has 0 radical (unpaired) electrons. The van der Waals surface area contributed by atoms with E-state index in [4.69, 9.17) is 25.5 Å². The van der Waals surface area contributed by atoms with Gasteiger partial charge in [0.2, 0.25) is 0 Å². The Balaban J connectivity index is 2.51. The molecular formula is C12H9ClO3. The Labute approximate surface area is 96.2 Å². The van der Waals surface area contributed by atoms with Crippen LogP contribution in [0.1, 0.15) is 5.56 Å². The van der Waals surface area contributed by atoms with Gasteiger partial charge in [0.15, 0.2) is 5.58 Å². The van der Waals surface area contributed by atoms with Crippen molar-refractivity contribution in [3.8, 4) is 0 Å². The van der Waals surface area contributed by atoms with E-state index in [2.05, 4.69) is 0 Å². The van der Waals surface area contributed by atoms with Crippen LogP contribution < -0.4 is 0 Å². The van der Waals surface area contributed by atoms with E-state index in [1.54, 1.807) is 18.6 Å². The van der Waals surface area contributed by atoms with Crippen LogP contribution in [0.15, 0.2) is 33.5 Å². The number of furan rings is 2. The van der Waals surface area contributed by atoms with Crippen molar-refractivity contribution < 1.29 is 13.9 Å². The lowest BCUT2D eigenvalue weighted by molar-refractivity contribution is 0.300. The van der Waals surface area contributed by atoms with E-state index in [1.807, 2.05) is 6.07 Å². The van der Waals surface area contributed by atoms with Crippen molar-refractivity contribution in [2.45, 2.75) is 6.42 Å². The second-order valence-corrected chi connectivity index (χ2v) is 3.97. The summed E-state index contributed by atoms with van der Waals surface area (Å²) in [6, 6.07) is 3.65. The van der Waals surface area contributed by atoms with Gasteiger partial charge < -0.3 is 13.9 Å². The lowest BCUT2D eigenvalue weighted by Crippen LogP contribution is -1.92. The molecule has 0 saturated carbocycles. The van der Waals surface area contributed by atoms with Gasteiger partial charge in [0.1, 0.15) is 5.58 Å². The molecule has 0 unspecified atom stereocenters. The van der Waals surface area contributed by atoms with Gasteiger partial charge in [-0.25, -0.2) is 0 Å². The normalized spacial score (nSPS) is 11.6. The topological polar surface area (TPSA) is 46.5 Å². The maximum Gasteiger partial charge on any atom is 0.153 e. The summed E-state index contributed by atoms with van der Waals surface area (Å²) in [4.78, 5) is 0. The smallest absolute Gasteiger partial charge is 0.153 e. The van der Waals surface area contributed by atoms with Gasteiger partial charge in [-0.15, -0.1) is 0 Å². The molecule has 2 aromatic heterocycles. The number of benzene rings is 1. The van der Waals surface area contributed by atoms with Crippen LogP contribution >= 0.6 is 11.6 Å².